The molecule has 0 saturated carbocycles. The van der Waals surface area contributed by atoms with Crippen LogP contribution in [0.1, 0.15) is 33.3 Å². The van der Waals surface area contributed by atoms with E-state index >= 15 is 0 Å². The maximum Gasteiger partial charge on any atom is 0.534 e. The number of fused-ring (bicyclic) bond motifs is 1. The summed E-state index contributed by atoms with van der Waals surface area (Å²) in [5.41, 5.74) is -5.15. The summed E-state index contributed by atoms with van der Waals surface area (Å²) in [7, 11) is -5.85. The Morgan fingerprint density at radius 2 is 1.79 bits per heavy atom. The predicted octanol–water partition coefficient (Wildman–Crippen LogP) is 5.93. The number of amides is 1. The molecule has 3 rings (SSSR count). The number of alkyl halides is 3. The van der Waals surface area contributed by atoms with E-state index in [1.165, 1.54) is 24.2 Å². The first-order valence-corrected chi connectivity index (χ1v) is 14.2. The molecule has 212 valence electrons. The van der Waals surface area contributed by atoms with E-state index in [1.54, 1.807) is 37.8 Å². The minimum atomic E-state index is -5.85. The first kappa shape index (κ1) is 30.5. The molecule has 13 heteroatoms. The van der Waals surface area contributed by atoms with Crippen molar-refractivity contribution in [3.63, 3.8) is 0 Å². The highest BCUT2D eigenvalue weighted by Crippen LogP contribution is 2.33. The van der Waals surface area contributed by atoms with E-state index in [1.807, 2.05) is 37.3 Å². The molecule has 0 fully saturated rings. The van der Waals surface area contributed by atoms with Crippen LogP contribution in [-0.2, 0) is 21.3 Å². The molecule has 2 aromatic carbocycles. The standard InChI is InChI=1S/C26H30F3N3O5S2/c1-18(17-32(24(33)36-25(2,3)4)13-12-19-8-6-5-7-9-19)31-38-21-11-10-20-15-30-16-23(22(20)14-21)37-39(34,35)26(27,28)29/h5-11,14-16,18,31H,12-13,17H2,1-4H3. The first-order valence-electron chi connectivity index (χ1n) is 12.0. The van der Waals surface area contributed by atoms with Crippen molar-refractivity contribution in [3.8, 4) is 5.75 Å². The average molecular weight is 586 g/mol. The first-order chi connectivity index (χ1) is 18.1. The van der Waals surface area contributed by atoms with Crippen LogP contribution in [0.2, 0.25) is 0 Å². The fourth-order valence-electron chi connectivity index (χ4n) is 3.44. The van der Waals surface area contributed by atoms with Crippen LogP contribution in [0, 0.1) is 0 Å². The molecule has 0 aliphatic rings. The quantitative estimate of drug-likeness (QED) is 0.178. The Bertz CT molecular complexity index is 1380. The highest BCUT2D eigenvalue weighted by atomic mass is 32.2. The number of nitrogens with one attached hydrogen (secondary N) is 1. The molecule has 1 heterocycles. The van der Waals surface area contributed by atoms with E-state index in [0.717, 1.165) is 11.8 Å². The van der Waals surface area contributed by atoms with Gasteiger partial charge in [-0.25, -0.2) is 4.79 Å². The van der Waals surface area contributed by atoms with Crippen molar-refractivity contribution in [1.82, 2.24) is 14.6 Å². The Morgan fingerprint density at radius 3 is 2.44 bits per heavy atom. The van der Waals surface area contributed by atoms with Gasteiger partial charge in [-0.05, 0) is 63.8 Å². The van der Waals surface area contributed by atoms with Crippen LogP contribution < -0.4 is 8.91 Å². The van der Waals surface area contributed by atoms with Crippen LogP contribution >= 0.6 is 11.9 Å². The minimum Gasteiger partial charge on any atom is -0.444 e. The molecular formula is C26H30F3N3O5S2. The molecule has 39 heavy (non-hydrogen) atoms. The van der Waals surface area contributed by atoms with Gasteiger partial charge in [-0.15, -0.1) is 0 Å². The second-order valence-electron chi connectivity index (χ2n) is 9.79. The van der Waals surface area contributed by atoms with E-state index in [2.05, 4.69) is 13.9 Å². The summed E-state index contributed by atoms with van der Waals surface area (Å²) in [5, 5.41) is 0.551. The number of pyridine rings is 1. The summed E-state index contributed by atoms with van der Waals surface area (Å²) in [6.45, 7) is 8.03. The van der Waals surface area contributed by atoms with Crippen LogP contribution in [0.5, 0.6) is 5.75 Å². The Morgan fingerprint density at radius 1 is 1.10 bits per heavy atom. The summed E-state index contributed by atoms with van der Waals surface area (Å²) >= 11 is 1.18. The topological polar surface area (TPSA) is 97.8 Å². The fourth-order valence-corrected chi connectivity index (χ4v) is 4.63. The number of carbonyl (C=O) groups excluding carboxylic acids is 1. The van der Waals surface area contributed by atoms with Gasteiger partial charge in [0, 0.05) is 41.0 Å². The molecule has 1 aromatic heterocycles. The van der Waals surface area contributed by atoms with Crippen LogP contribution in [0.15, 0.2) is 65.8 Å². The lowest BCUT2D eigenvalue weighted by atomic mass is 10.1. The lowest BCUT2D eigenvalue weighted by molar-refractivity contribution is -0.0499. The van der Waals surface area contributed by atoms with Crippen LogP contribution in [-0.4, -0.2) is 54.6 Å². The van der Waals surface area contributed by atoms with Crippen molar-refractivity contribution in [3.05, 3.63) is 66.5 Å². The summed E-state index contributed by atoms with van der Waals surface area (Å²) < 4.78 is 74.7. The summed E-state index contributed by atoms with van der Waals surface area (Å²) in [6.07, 6.45) is 2.50. The molecule has 0 aliphatic carbocycles. The number of nitrogens with zero attached hydrogens (tertiary/aromatic N) is 2. The van der Waals surface area contributed by atoms with Gasteiger partial charge in [-0.2, -0.15) is 21.6 Å². The molecule has 1 amide bonds. The maximum absolute atomic E-state index is 12.9. The van der Waals surface area contributed by atoms with Gasteiger partial charge >= 0.3 is 21.7 Å². The Hall–Kier alpha value is -3.03. The Kier molecular flexibility index (Phi) is 9.73. The van der Waals surface area contributed by atoms with Crippen molar-refractivity contribution >= 4 is 38.9 Å². The van der Waals surface area contributed by atoms with Gasteiger partial charge in [0.2, 0.25) is 0 Å². The molecule has 0 aliphatic heterocycles. The number of rotatable bonds is 10. The normalized spacial score (nSPS) is 13.2. The minimum absolute atomic E-state index is 0.149. The molecule has 8 nitrogen and oxygen atoms in total. The smallest absolute Gasteiger partial charge is 0.444 e. The van der Waals surface area contributed by atoms with Crippen LogP contribution in [0.4, 0.5) is 18.0 Å². The summed E-state index contributed by atoms with van der Waals surface area (Å²) in [6, 6.07) is 14.3. The third-order valence-electron chi connectivity index (χ3n) is 5.22. The summed E-state index contributed by atoms with van der Waals surface area (Å²) in [4.78, 5) is 18.9. The second-order valence-corrected chi connectivity index (χ2v) is 12.2. The van der Waals surface area contributed by atoms with Crippen molar-refractivity contribution in [2.45, 2.75) is 56.2 Å². The molecule has 1 N–H and O–H groups in total. The number of hydrogen-bond donors (Lipinski definition) is 1. The lowest BCUT2D eigenvalue weighted by Crippen LogP contribution is -2.44. The number of carbonyl (C=O) groups is 1. The zero-order valence-electron chi connectivity index (χ0n) is 21.9. The molecule has 0 spiro atoms. The third-order valence-corrected chi connectivity index (χ3v) is 7.19. The zero-order valence-corrected chi connectivity index (χ0v) is 23.5. The predicted molar refractivity (Wildman–Crippen MR) is 144 cm³/mol. The van der Waals surface area contributed by atoms with Crippen molar-refractivity contribution in [2.75, 3.05) is 13.1 Å². The van der Waals surface area contributed by atoms with Gasteiger partial charge in [0.25, 0.3) is 0 Å². The highest BCUT2D eigenvalue weighted by Gasteiger charge is 2.48. The van der Waals surface area contributed by atoms with Crippen molar-refractivity contribution in [1.29, 1.82) is 0 Å². The summed E-state index contributed by atoms with van der Waals surface area (Å²) in [5.74, 6) is -0.530. The van der Waals surface area contributed by atoms with E-state index < -0.39 is 33.1 Å². The van der Waals surface area contributed by atoms with Crippen molar-refractivity contribution < 1.29 is 35.3 Å². The molecular weight excluding hydrogens is 555 g/mol. The second kappa shape index (κ2) is 12.4. The monoisotopic (exact) mass is 585 g/mol. The van der Waals surface area contributed by atoms with Crippen LogP contribution in [0.3, 0.4) is 0 Å². The van der Waals surface area contributed by atoms with Gasteiger partial charge in [-0.1, -0.05) is 36.4 Å². The Labute approximate surface area is 230 Å². The van der Waals surface area contributed by atoms with E-state index in [0.29, 0.717) is 29.8 Å². The zero-order chi connectivity index (χ0) is 28.8. The maximum atomic E-state index is 12.9. The fraction of sp³-hybridized carbons (Fsp3) is 0.385. The molecule has 1 unspecified atom stereocenters. The Balaban J connectivity index is 1.71. The number of halogens is 3. The van der Waals surface area contributed by atoms with E-state index in [9.17, 15) is 26.4 Å². The SMILES string of the molecule is CC(CN(CCc1ccccc1)C(=O)OC(C)(C)C)NSc1ccc2cncc(OS(=O)(=O)C(F)(F)F)c2c1. The molecule has 3 aromatic rings. The molecule has 0 saturated heterocycles. The lowest BCUT2D eigenvalue weighted by Gasteiger charge is -2.29. The van der Waals surface area contributed by atoms with Gasteiger partial charge in [-0.3, -0.25) is 9.71 Å². The number of aromatic nitrogens is 1. The van der Waals surface area contributed by atoms with Gasteiger partial charge in [0.05, 0.1) is 6.20 Å². The molecule has 0 bridgehead atoms. The molecule has 0 radical (unpaired) electrons. The number of ether oxygens (including phenoxy) is 1. The van der Waals surface area contributed by atoms with Gasteiger partial charge < -0.3 is 13.8 Å². The van der Waals surface area contributed by atoms with E-state index in [-0.39, 0.29) is 11.4 Å². The van der Waals surface area contributed by atoms with E-state index in [4.69, 9.17) is 4.74 Å². The third kappa shape index (κ3) is 9.01. The molecule has 1 atom stereocenters. The van der Waals surface area contributed by atoms with Crippen LogP contribution in [0.25, 0.3) is 10.8 Å². The number of hydrogen-bond acceptors (Lipinski definition) is 8. The largest absolute Gasteiger partial charge is 0.534 e. The van der Waals surface area contributed by atoms with Gasteiger partial charge in [0.1, 0.15) is 5.60 Å². The van der Waals surface area contributed by atoms with Crippen molar-refractivity contribution in [2.24, 2.45) is 0 Å². The number of benzene rings is 2. The van der Waals surface area contributed by atoms with Gasteiger partial charge in [0.15, 0.2) is 5.75 Å². The average Bonchev–Trinajstić information content (AvgIpc) is 2.84. The highest BCUT2D eigenvalue weighted by molar-refractivity contribution is 7.97.